The van der Waals surface area contributed by atoms with Gasteiger partial charge in [-0.2, -0.15) is 0 Å². The standard InChI is InChI=1S/C11H20N2O3/c1-3-16-11(15)9-4-6-13(7-5-9)8(2)10(12)14/h8-9H,3-7H2,1-2H3,(H2,12,14). The van der Waals surface area contributed by atoms with E-state index in [1.807, 2.05) is 11.8 Å². The van der Waals surface area contributed by atoms with Gasteiger partial charge >= 0.3 is 5.97 Å². The number of hydrogen-bond donors (Lipinski definition) is 1. The Bertz CT molecular complexity index is 260. The topological polar surface area (TPSA) is 72.6 Å². The van der Waals surface area contributed by atoms with Crippen LogP contribution in [0.5, 0.6) is 0 Å². The Morgan fingerprint density at radius 2 is 2.00 bits per heavy atom. The molecular weight excluding hydrogens is 208 g/mol. The van der Waals surface area contributed by atoms with E-state index in [2.05, 4.69) is 0 Å². The highest BCUT2D eigenvalue weighted by Gasteiger charge is 2.29. The molecule has 0 aromatic heterocycles. The number of likely N-dealkylation sites (tertiary alicyclic amines) is 1. The molecule has 0 aromatic carbocycles. The Kier molecular flexibility index (Phi) is 4.73. The van der Waals surface area contributed by atoms with E-state index in [4.69, 9.17) is 10.5 Å². The molecule has 0 spiro atoms. The predicted octanol–water partition coefficient (Wildman–Crippen LogP) is 0.135. The van der Waals surface area contributed by atoms with Gasteiger partial charge in [0.15, 0.2) is 0 Å². The predicted molar refractivity (Wildman–Crippen MR) is 59.6 cm³/mol. The summed E-state index contributed by atoms with van der Waals surface area (Å²) in [7, 11) is 0. The third kappa shape index (κ3) is 3.20. The smallest absolute Gasteiger partial charge is 0.309 e. The lowest BCUT2D eigenvalue weighted by Gasteiger charge is -2.33. The molecule has 0 saturated carbocycles. The Labute approximate surface area is 95.9 Å². The van der Waals surface area contributed by atoms with Crippen molar-refractivity contribution in [3.05, 3.63) is 0 Å². The van der Waals surface area contributed by atoms with E-state index in [0.29, 0.717) is 6.61 Å². The first-order valence-corrected chi connectivity index (χ1v) is 5.76. The molecule has 1 saturated heterocycles. The van der Waals surface area contributed by atoms with E-state index < -0.39 is 0 Å². The van der Waals surface area contributed by atoms with Gasteiger partial charge in [-0.25, -0.2) is 0 Å². The van der Waals surface area contributed by atoms with Gasteiger partial charge < -0.3 is 10.5 Å². The van der Waals surface area contributed by atoms with E-state index in [0.717, 1.165) is 25.9 Å². The summed E-state index contributed by atoms with van der Waals surface area (Å²) in [5.41, 5.74) is 5.24. The molecular formula is C11H20N2O3. The molecule has 1 rings (SSSR count). The maximum absolute atomic E-state index is 11.5. The second-order valence-corrected chi connectivity index (χ2v) is 4.14. The molecule has 16 heavy (non-hydrogen) atoms. The van der Waals surface area contributed by atoms with Gasteiger partial charge in [-0.05, 0) is 39.8 Å². The van der Waals surface area contributed by atoms with E-state index in [-0.39, 0.29) is 23.8 Å². The van der Waals surface area contributed by atoms with Crippen LogP contribution in [-0.2, 0) is 14.3 Å². The van der Waals surface area contributed by atoms with Crippen LogP contribution in [0.4, 0.5) is 0 Å². The van der Waals surface area contributed by atoms with Crippen molar-refractivity contribution in [1.29, 1.82) is 0 Å². The fraction of sp³-hybridized carbons (Fsp3) is 0.818. The lowest BCUT2D eigenvalue weighted by molar-refractivity contribution is -0.149. The van der Waals surface area contributed by atoms with Gasteiger partial charge in [0, 0.05) is 0 Å². The number of carbonyl (C=O) groups excluding carboxylic acids is 2. The van der Waals surface area contributed by atoms with Crippen molar-refractivity contribution in [3.63, 3.8) is 0 Å². The largest absolute Gasteiger partial charge is 0.466 e. The van der Waals surface area contributed by atoms with E-state index in [1.165, 1.54) is 0 Å². The van der Waals surface area contributed by atoms with Crippen LogP contribution in [0.3, 0.4) is 0 Å². The molecule has 1 heterocycles. The lowest BCUT2D eigenvalue weighted by atomic mass is 9.96. The van der Waals surface area contributed by atoms with Gasteiger partial charge in [-0.1, -0.05) is 0 Å². The third-order valence-corrected chi connectivity index (χ3v) is 3.11. The van der Waals surface area contributed by atoms with E-state index in [9.17, 15) is 9.59 Å². The first-order chi connectivity index (χ1) is 7.56. The van der Waals surface area contributed by atoms with Crippen LogP contribution in [0, 0.1) is 5.92 Å². The average Bonchev–Trinajstić information content (AvgIpc) is 2.28. The maximum atomic E-state index is 11.5. The highest BCUT2D eigenvalue weighted by Crippen LogP contribution is 2.20. The second-order valence-electron chi connectivity index (χ2n) is 4.14. The molecule has 2 N–H and O–H groups in total. The number of carbonyl (C=O) groups is 2. The first kappa shape index (κ1) is 13.0. The highest BCUT2D eigenvalue weighted by atomic mass is 16.5. The van der Waals surface area contributed by atoms with Gasteiger partial charge in [-0.15, -0.1) is 0 Å². The van der Waals surface area contributed by atoms with E-state index >= 15 is 0 Å². The summed E-state index contributed by atoms with van der Waals surface area (Å²) >= 11 is 0. The van der Waals surface area contributed by atoms with Crippen molar-refractivity contribution >= 4 is 11.9 Å². The molecule has 0 aromatic rings. The minimum Gasteiger partial charge on any atom is -0.466 e. The van der Waals surface area contributed by atoms with Crippen molar-refractivity contribution in [2.45, 2.75) is 32.7 Å². The molecule has 92 valence electrons. The summed E-state index contributed by atoms with van der Waals surface area (Å²) in [4.78, 5) is 24.5. The quantitative estimate of drug-likeness (QED) is 0.694. The zero-order valence-corrected chi connectivity index (χ0v) is 9.94. The number of hydrogen-bond acceptors (Lipinski definition) is 4. The van der Waals surface area contributed by atoms with Gasteiger partial charge in [0.2, 0.25) is 5.91 Å². The zero-order chi connectivity index (χ0) is 12.1. The number of ether oxygens (including phenoxy) is 1. The number of primary amides is 1. The summed E-state index contributed by atoms with van der Waals surface area (Å²) < 4.78 is 4.98. The zero-order valence-electron chi connectivity index (χ0n) is 9.94. The Balaban J connectivity index is 2.39. The maximum Gasteiger partial charge on any atom is 0.309 e. The third-order valence-electron chi connectivity index (χ3n) is 3.11. The minimum absolute atomic E-state index is 0.0173. The fourth-order valence-corrected chi connectivity index (χ4v) is 1.96. The van der Waals surface area contributed by atoms with Crippen LogP contribution in [0.15, 0.2) is 0 Å². The van der Waals surface area contributed by atoms with E-state index in [1.54, 1.807) is 6.92 Å². The summed E-state index contributed by atoms with van der Waals surface area (Å²) in [6, 6.07) is -0.247. The Morgan fingerprint density at radius 1 is 1.44 bits per heavy atom. The SMILES string of the molecule is CCOC(=O)C1CCN(C(C)C(N)=O)CC1. The van der Waals surface area contributed by atoms with Crippen LogP contribution in [0.2, 0.25) is 0 Å². The van der Waals surface area contributed by atoms with Crippen LogP contribution in [0.1, 0.15) is 26.7 Å². The van der Waals surface area contributed by atoms with Gasteiger partial charge in [-0.3, -0.25) is 14.5 Å². The minimum atomic E-state index is -0.311. The fourth-order valence-electron chi connectivity index (χ4n) is 1.96. The van der Waals surface area contributed by atoms with Gasteiger partial charge in [0.25, 0.3) is 0 Å². The molecule has 5 heteroatoms. The van der Waals surface area contributed by atoms with Crippen molar-refractivity contribution in [1.82, 2.24) is 4.90 Å². The Morgan fingerprint density at radius 3 is 2.44 bits per heavy atom. The molecule has 1 aliphatic rings. The normalized spacial score (nSPS) is 20.4. The number of rotatable bonds is 4. The number of nitrogens with zero attached hydrogens (tertiary/aromatic N) is 1. The molecule has 0 bridgehead atoms. The average molecular weight is 228 g/mol. The van der Waals surface area contributed by atoms with Crippen LogP contribution in [-0.4, -0.2) is 42.5 Å². The summed E-state index contributed by atoms with van der Waals surface area (Å²) in [5, 5.41) is 0. The second kappa shape index (κ2) is 5.84. The van der Waals surface area contributed by atoms with Crippen LogP contribution >= 0.6 is 0 Å². The molecule has 0 aliphatic carbocycles. The Hall–Kier alpha value is -1.10. The molecule has 1 unspecified atom stereocenters. The molecule has 1 atom stereocenters. The molecule has 0 radical (unpaired) electrons. The number of amides is 1. The molecule has 1 aliphatic heterocycles. The number of piperidine rings is 1. The number of nitrogens with two attached hydrogens (primary N) is 1. The van der Waals surface area contributed by atoms with Gasteiger partial charge in [0.1, 0.15) is 0 Å². The summed E-state index contributed by atoms with van der Waals surface area (Å²) in [5.74, 6) is -0.445. The summed E-state index contributed by atoms with van der Waals surface area (Å²) in [6.45, 7) is 5.49. The monoisotopic (exact) mass is 228 g/mol. The van der Waals surface area contributed by atoms with Crippen molar-refractivity contribution < 1.29 is 14.3 Å². The number of esters is 1. The van der Waals surface area contributed by atoms with Crippen molar-refractivity contribution in [3.8, 4) is 0 Å². The van der Waals surface area contributed by atoms with Crippen molar-refractivity contribution in [2.75, 3.05) is 19.7 Å². The molecule has 5 nitrogen and oxygen atoms in total. The van der Waals surface area contributed by atoms with Gasteiger partial charge in [0.05, 0.1) is 18.6 Å². The first-order valence-electron chi connectivity index (χ1n) is 5.76. The summed E-state index contributed by atoms with van der Waals surface area (Å²) in [6.07, 6.45) is 1.49. The molecule has 1 fully saturated rings. The lowest BCUT2D eigenvalue weighted by Crippen LogP contribution is -2.47. The van der Waals surface area contributed by atoms with Crippen molar-refractivity contribution in [2.24, 2.45) is 11.7 Å². The van der Waals surface area contributed by atoms with Crippen LogP contribution in [0.25, 0.3) is 0 Å². The molecule has 1 amide bonds. The highest BCUT2D eigenvalue weighted by molar-refractivity contribution is 5.79. The van der Waals surface area contributed by atoms with Crippen LogP contribution < -0.4 is 5.73 Å².